The topological polar surface area (TPSA) is 45.4 Å². The summed E-state index contributed by atoms with van der Waals surface area (Å²) in [5.41, 5.74) is 5.87. The van der Waals surface area contributed by atoms with Gasteiger partial charge in [0.25, 0.3) is 0 Å². The van der Waals surface area contributed by atoms with Crippen molar-refractivity contribution in [2.75, 3.05) is 16.8 Å². The molecule has 26 heavy (non-hydrogen) atoms. The Labute approximate surface area is 151 Å². The van der Waals surface area contributed by atoms with Crippen molar-refractivity contribution in [3.63, 3.8) is 0 Å². The van der Waals surface area contributed by atoms with Crippen molar-refractivity contribution in [3.8, 4) is 0 Å². The van der Waals surface area contributed by atoms with Crippen LogP contribution < -0.4 is 9.80 Å². The van der Waals surface area contributed by atoms with Crippen molar-refractivity contribution in [1.29, 1.82) is 0 Å². The molecule has 0 N–H and O–H groups in total. The molecule has 4 heterocycles. The molecule has 1 aromatic carbocycles. The highest BCUT2D eigenvalue weighted by atomic mass is 16.3. The third-order valence-corrected chi connectivity index (χ3v) is 5.37. The van der Waals surface area contributed by atoms with Gasteiger partial charge in [0.2, 0.25) is 5.71 Å². The summed E-state index contributed by atoms with van der Waals surface area (Å²) in [4.78, 5) is 13.7. The Hall–Kier alpha value is -3.08. The quantitative estimate of drug-likeness (QED) is 0.490. The number of aromatic nitrogens is 2. The van der Waals surface area contributed by atoms with Crippen LogP contribution in [-0.4, -0.2) is 23.2 Å². The number of rotatable bonds is 1. The highest BCUT2D eigenvalue weighted by Crippen LogP contribution is 2.46. The van der Waals surface area contributed by atoms with Crippen molar-refractivity contribution in [2.45, 2.75) is 26.9 Å². The number of pyridine rings is 2. The number of anilines is 3. The van der Waals surface area contributed by atoms with Crippen LogP contribution in [0.4, 0.5) is 17.2 Å². The Morgan fingerprint density at radius 2 is 1.85 bits per heavy atom. The molecular weight excluding hydrogens is 324 g/mol. The molecule has 0 unspecified atom stereocenters. The standard InChI is InChI=1S/C21H20N4O/c1-12-7-9-15-16-10-8-13(2)23-21(16)26-19(15)18(12)25-14(3)24(4)17-6-5-11-22-20(17)25/h5-11,14H,1-4H3/t14-/m0/s1. The lowest BCUT2D eigenvalue weighted by atomic mass is 10.1. The first-order valence-electron chi connectivity index (χ1n) is 8.83. The van der Waals surface area contributed by atoms with Gasteiger partial charge in [0.1, 0.15) is 6.17 Å². The maximum Gasteiger partial charge on any atom is 0.227 e. The number of furan rings is 1. The van der Waals surface area contributed by atoms with E-state index in [0.29, 0.717) is 5.71 Å². The second-order valence-corrected chi connectivity index (χ2v) is 6.97. The lowest BCUT2D eigenvalue weighted by Gasteiger charge is -2.28. The third kappa shape index (κ3) is 1.91. The van der Waals surface area contributed by atoms with Crippen LogP contribution in [0.3, 0.4) is 0 Å². The molecule has 0 saturated heterocycles. The van der Waals surface area contributed by atoms with Crippen LogP contribution in [0.25, 0.3) is 22.1 Å². The number of hydrogen-bond acceptors (Lipinski definition) is 5. The van der Waals surface area contributed by atoms with Crippen molar-refractivity contribution in [3.05, 3.63) is 53.9 Å². The van der Waals surface area contributed by atoms with Crippen LogP contribution in [0.2, 0.25) is 0 Å². The van der Waals surface area contributed by atoms with E-state index in [1.54, 1.807) is 0 Å². The Morgan fingerprint density at radius 3 is 2.69 bits per heavy atom. The monoisotopic (exact) mass is 344 g/mol. The van der Waals surface area contributed by atoms with Crippen molar-refractivity contribution < 1.29 is 4.42 Å². The van der Waals surface area contributed by atoms with Gasteiger partial charge in [0, 0.05) is 29.7 Å². The summed E-state index contributed by atoms with van der Waals surface area (Å²) in [6.07, 6.45) is 1.99. The number of hydrogen-bond donors (Lipinski definition) is 0. The fourth-order valence-corrected chi connectivity index (χ4v) is 3.89. The molecular formula is C21H20N4O. The zero-order valence-corrected chi connectivity index (χ0v) is 15.3. The van der Waals surface area contributed by atoms with Crippen LogP contribution in [0.1, 0.15) is 18.2 Å². The minimum Gasteiger partial charge on any atom is -0.435 e. The number of fused-ring (bicyclic) bond motifs is 4. The highest BCUT2D eigenvalue weighted by Gasteiger charge is 2.35. The van der Waals surface area contributed by atoms with Crippen molar-refractivity contribution >= 4 is 39.3 Å². The molecule has 5 heteroatoms. The normalized spacial score (nSPS) is 16.7. The molecule has 1 aliphatic heterocycles. The zero-order chi connectivity index (χ0) is 18.0. The Kier molecular flexibility index (Phi) is 3.04. The first kappa shape index (κ1) is 15.2. The smallest absolute Gasteiger partial charge is 0.227 e. The third-order valence-electron chi connectivity index (χ3n) is 5.37. The maximum absolute atomic E-state index is 6.26. The van der Waals surface area contributed by atoms with E-state index in [9.17, 15) is 0 Å². The molecule has 1 aliphatic rings. The molecule has 4 aromatic rings. The summed E-state index contributed by atoms with van der Waals surface area (Å²) >= 11 is 0. The SMILES string of the molecule is Cc1ccc2c(n1)oc1c(N3c4ncccc4N(C)[C@@H]3C)c(C)ccc12. The first-order chi connectivity index (χ1) is 12.6. The van der Waals surface area contributed by atoms with Gasteiger partial charge >= 0.3 is 0 Å². The summed E-state index contributed by atoms with van der Waals surface area (Å²) in [5, 5.41) is 2.14. The van der Waals surface area contributed by atoms with Gasteiger partial charge in [-0.25, -0.2) is 9.97 Å². The molecule has 0 radical (unpaired) electrons. The van der Waals surface area contributed by atoms with E-state index in [1.165, 1.54) is 0 Å². The van der Waals surface area contributed by atoms with Gasteiger partial charge < -0.3 is 14.2 Å². The molecule has 0 saturated carbocycles. The Bertz CT molecular complexity index is 1160. The second kappa shape index (κ2) is 5.21. The van der Waals surface area contributed by atoms with E-state index in [1.807, 2.05) is 25.3 Å². The Morgan fingerprint density at radius 1 is 1.04 bits per heavy atom. The van der Waals surface area contributed by atoms with Gasteiger partial charge in [-0.1, -0.05) is 12.1 Å². The van der Waals surface area contributed by atoms with E-state index in [0.717, 1.165) is 44.8 Å². The highest BCUT2D eigenvalue weighted by molar-refractivity contribution is 6.09. The lowest BCUT2D eigenvalue weighted by molar-refractivity contribution is 0.646. The van der Waals surface area contributed by atoms with Gasteiger partial charge in [0.15, 0.2) is 11.4 Å². The minimum absolute atomic E-state index is 0.145. The average molecular weight is 344 g/mol. The van der Waals surface area contributed by atoms with E-state index >= 15 is 0 Å². The molecule has 0 aliphatic carbocycles. The van der Waals surface area contributed by atoms with Gasteiger partial charge in [-0.2, -0.15) is 0 Å². The molecule has 5 nitrogen and oxygen atoms in total. The van der Waals surface area contributed by atoms with Crippen LogP contribution in [-0.2, 0) is 0 Å². The minimum atomic E-state index is 0.145. The van der Waals surface area contributed by atoms with Gasteiger partial charge in [0.05, 0.1) is 11.4 Å². The maximum atomic E-state index is 6.26. The molecule has 5 rings (SSSR count). The summed E-state index contributed by atoms with van der Waals surface area (Å²) in [6.45, 7) is 6.29. The van der Waals surface area contributed by atoms with Crippen LogP contribution in [0.5, 0.6) is 0 Å². The van der Waals surface area contributed by atoms with Gasteiger partial charge in [-0.15, -0.1) is 0 Å². The van der Waals surface area contributed by atoms with Crippen molar-refractivity contribution in [1.82, 2.24) is 9.97 Å². The summed E-state index contributed by atoms with van der Waals surface area (Å²) in [7, 11) is 2.10. The van der Waals surface area contributed by atoms with E-state index < -0.39 is 0 Å². The molecule has 3 aromatic heterocycles. The molecule has 130 valence electrons. The number of nitrogens with zero attached hydrogens (tertiary/aromatic N) is 4. The Balaban J connectivity index is 1.84. The summed E-state index contributed by atoms with van der Waals surface area (Å²) in [5.74, 6) is 0.961. The summed E-state index contributed by atoms with van der Waals surface area (Å²) < 4.78 is 6.26. The predicted octanol–water partition coefficient (Wildman–Crippen LogP) is 4.93. The molecule has 0 amide bonds. The van der Waals surface area contributed by atoms with Crippen LogP contribution in [0, 0.1) is 13.8 Å². The van der Waals surface area contributed by atoms with Crippen molar-refractivity contribution in [2.24, 2.45) is 0 Å². The number of benzene rings is 1. The lowest BCUT2D eigenvalue weighted by Crippen LogP contribution is -2.36. The second-order valence-electron chi connectivity index (χ2n) is 6.97. The number of aryl methyl sites for hydroxylation is 2. The van der Waals surface area contributed by atoms with Gasteiger partial charge in [-0.3, -0.25) is 0 Å². The zero-order valence-electron chi connectivity index (χ0n) is 15.3. The fourth-order valence-electron chi connectivity index (χ4n) is 3.89. The fraction of sp³-hybridized carbons (Fsp3) is 0.238. The molecule has 1 atom stereocenters. The summed E-state index contributed by atoms with van der Waals surface area (Å²) in [6, 6.07) is 12.5. The molecule has 0 spiro atoms. The largest absolute Gasteiger partial charge is 0.435 e. The average Bonchev–Trinajstić information content (AvgIpc) is 3.11. The van der Waals surface area contributed by atoms with E-state index in [-0.39, 0.29) is 6.17 Å². The molecule has 0 fully saturated rings. The van der Waals surface area contributed by atoms with E-state index in [4.69, 9.17) is 4.42 Å². The predicted molar refractivity (Wildman–Crippen MR) is 105 cm³/mol. The first-order valence-corrected chi connectivity index (χ1v) is 8.83. The molecule has 0 bridgehead atoms. The van der Waals surface area contributed by atoms with Crippen LogP contribution in [0.15, 0.2) is 47.0 Å². The van der Waals surface area contributed by atoms with Gasteiger partial charge in [-0.05, 0) is 50.6 Å². The van der Waals surface area contributed by atoms with Crippen LogP contribution >= 0.6 is 0 Å². The van der Waals surface area contributed by atoms with E-state index in [2.05, 4.69) is 64.9 Å².